The lowest BCUT2D eigenvalue weighted by atomic mass is 9.70. The first-order chi connectivity index (χ1) is 8.19. The lowest BCUT2D eigenvalue weighted by Gasteiger charge is -2.48. The van der Waals surface area contributed by atoms with Gasteiger partial charge in [-0.1, -0.05) is 0 Å². The smallest absolute Gasteiger partial charge is 0.0685 e. The van der Waals surface area contributed by atoms with Gasteiger partial charge < -0.3 is 9.47 Å². The molecule has 2 rings (SSSR count). The van der Waals surface area contributed by atoms with Crippen molar-refractivity contribution in [3.63, 3.8) is 0 Å². The van der Waals surface area contributed by atoms with Crippen LogP contribution in [0.25, 0.3) is 0 Å². The van der Waals surface area contributed by atoms with E-state index in [1.165, 1.54) is 19.3 Å². The molecule has 3 N–H and O–H groups in total. The van der Waals surface area contributed by atoms with E-state index in [9.17, 15) is 0 Å². The van der Waals surface area contributed by atoms with Crippen molar-refractivity contribution in [3.8, 4) is 0 Å². The van der Waals surface area contributed by atoms with Gasteiger partial charge in [0.2, 0.25) is 0 Å². The van der Waals surface area contributed by atoms with E-state index in [0.29, 0.717) is 12.0 Å². The van der Waals surface area contributed by atoms with Gasteiger partial charge in [-0.15, -0.1) is 0 Å². The number of rotatable bonds is 5. The van der Waals surface area contributed by atoms with E-state index in [1.54, 1.807) is 7.11 Å². The summed E-state index contributed by atoms with van der Waals surface area (Å²) in [6, 6.07) is 0.353. The van der Waals surface area contributed by atoms with Crippen molar-refractivity contribution in [2.75, 3.05) is 13.7 Å². The Labute approximate surface area is 104 Å². The summed E-state index contributed by atoms with van der Waals surface area (Å²) in [4.78, 5) is 0. The number of hydrazine groups is 1. The van der Waals surface area contributed by atoms with E-state index >= 15 is 0 Å². The Morgan fingerprint density at radius 3 is 2.82 bits per heavy atom. The van der Waals surface area contributed by atoms with Crippen molar-refractivity contribution in [1.29, 1.82) is 0 Å². The predicted octanol–water partition coefficient (Wildman–Crippen LogP) is 1.59. The number of nitrogens with one attached hydrogen (secondary N) is 1. The van der Waals surface area contributed by atoms with Gasteiger partial charge in [-0.05, 0) is 51.4 Å². The molecule has 1 aliphatic carbocycles. The Hall–Kier alpha value is -0.160. The molecule has 3 atom stereocenters. The van der Waals surface area contributed by atoms with Gasteiger partial charge in [-0.25, -0.2) is 0 Å². The van der Waals surface area contributed by atoms with Crippen LogP contribution in [-0.2, 0) is 9.47 Å². The Balaban J connectivity index is 1.89. The summed E-state index contributed by atoms with van der Waals surface area (Å²) in [5.41, 5.74) is 3.19. The molecular formula is C13H26N2O2. The van der Waals surface area contributed by atoms with Gasteiger partial charge in [-0.2, -0.15) is 0 Å². The van der Waals surface area contributed by atoms with Crippen LogP contribution in [0.4, 0.5) is 0 Å². The molecule has 0 radical (unpaired) electrons. The maximum atomic E-state index is 5.96. The number of methoxy groups -OCH3 is 1. The number of hydrogen-bond donors (Lipinski definition) is 2. The second-order valence-corrected chi connectivity index (χ2v) is 5.69. The Morgan fingerprint density at radius 1 is 1.53 bits per heavy atom. The van der Waals surface area contributed by atoms with E-state index in [0.717, 1.165) is 25.9 Å². The molecule has 1 saturated heterocycles. The molecule has 4 heteroatoms. The van der Waals surface area contributed by atoms with E-state index in [1.807, 2.05) is 0 Å². The zero-order valence-corrected chi connectivity index (χ0v) is 11.1. The summed E-state index contributed by atoms with van der Waals surface area (Å²) in [6.07, 6.45) is 7.32. The van der Waals surface area contributed by atoms with Crippen LogP contribution in [-0.4, -0.2) is 31.5 Å². The highest BCUT2D eigenvalue weighted by molar-refractivity contribution is 4.96. The molecule has 3 unspecified atom stereocenters. The van der Waals surface area contributed by atoms with Crippen LogP contribution in [0.3, 0.4) is 0 Å². The van der Waals surface area contributed by atoms with Crippen molar-refractivity contribution in [2.24, 2.45) is 11.8 Å². The molecule has 4 nitrogen and oxygen atoms in total. The second-order valence-electron chi connectivity index (χ2n) is 5.69. The number of ether oxygens (including phenoxy) is 2. The predicted molar refractivity (Wildman–Crippen MR) is 67.5 cm³/mol. The van der Waals surface area contributed by atoms with Crippen LogP contribution in [0, 0.1) is 5.92 Å². The molecule has 0 aromatic carbocycles. The minimum atomic E-state index is 0.203. The van der Waals surface area contributed by atoms with Crippen molar-refractivity contribution in [3.05, 3.63) is 0 Å². The lowest BCUT2D eigenvalue weighted by molar-refractivity contribution is -0.148. The summed E-state index contributed by atoms with van der Waals surface area (Å²) in [7, 11) is 1.76. The van der Waals surface area contributed by atoms with Crippen molar-refractivity contribution < 1.29 is 9.47 Å². The Kier molecular flexibility index (Phi) is 4.42. The highest BCUT2D eigenvalue weighted by atomic mass is 16.5. The second kappa shape index (κ2) is 5.65. The molecule has 0 amide bonds. The largest absolute Gasteiger partial charge is 0.382 e. The molecular weight excluding hydrogens is 216 g/mol. The first-order valence-corrected chi connectivity index (χ1v) is 6.82. The zero-order chi connectivity index (χ0) is 12.3. The lowest BCUT2D eigenvalue weighted by Crippen LogP contribution is -2.52. The van der Waals surface area contributed by atoms with Gasteiger partial charge >= 0.3 is 0 Å². The first kappa shape index (κ1) is 13.3. The Morgan fingerprint density at radius 2 is 2.29 bits per heavy atom. The fraction of sp³-hybridized carbons (Fsp3) is 1.00. The highest BCUT2D eigenvalue weighted by Crippen LogP contribution is 2.45. The molecule has 17 heavy (non-hydrogen) atoms. The van der Waals surface area contributed by atoms with Gasteiger partial charge in [0, 0.05) is 19.8 Å². The van der Waals surface area contributed by atoms with Crippen LogP contribution in [0.5, 0.6) is 0 Å². The summed E-state index contributed by atoms with van der Waals surface area (Å²) >= 11 is 0. The van der Waals surface area contributed by atoms with E-state index in [4.69, 9.17) is 15.3 Å². The molecule has 2 fully saturated rings. The minimum Gasteiger partial charge on any atom is -0.382 e. The molecule has 1 heterocycles. The summed E-state index contributed by atoms with van der Waals surface area (Å²) in [5.74, 6) is 6.34. The van der Waals surface area contributed by atoms with Crippen molar-refractivity contribution in [1.82, 2.24) is 5.43 Å². The van der Waals surface area contributed by atoms with Gasteiger partial charge in [0.1, 0.15) is 0 Å². The highest BCUT2D eigenvalue weighted by Gasteiger charge is 2.44. The first-order valence-electron chi connectivity index (χ1n) is 6.82. The maximum absolute atomic E-state index is 5.96. The third-order valence-electron chi connectivity index (χ3n) is 4.57. The third-order valence-corrected chi connectivity index (χ3v) is 4.57. The molecule has 100 valence electrons. The molecule has 1 spiro atoms. The average Bonchev–Trinajstić information content (AvgIpc) is 2.33. The minimum absolute atomic E-state index is 0.203. The van der Waals surface area contributed by atoms with Gasteiger partial charge in [0.05, 0.1) is 11.7 Å². The quantitative estimate of drug-likeness (QED) is 0.568. The van der Waals surface area contributed by atoms with Crippen LogP contribution < -0.4 is 11.3 Å². The molecule has 0 aromatic rings. The van der Waals surface area contributed by atoms with Gasteiger partial charge in [0.25, 0.3) is 0 Å². The number of nitrogens with two attached hydrogens (primary N) is 1. The van der Waals surface area contributed by atoms with Crippen molar-refractivity contribution in [2.45, 2.75) is 63.2 Å². The SMILES string of the molecule is COC(C)CC(NN)C1CCOC2(CCC2)C1. The molecule has 1 aliphatic heterocycles. The van der Waals surface area contributed by atoms with Crippen LogP contribution in [0.2, 0.25) is 0 Å². The Bertz CT molecular complexity index is 244. The van der Waals surface area contributed by atoms with Crippen LogP contribution >= 0.6 is 0 Å². The summed E-state index contributed by atoms with van der Waals surface area (Å²) in [6.45, 7) is 2.99. The maximum Gasteiger partial charge on any atom is 0.0685 e. The summed E-state index contributed by atoms with van der Waals surface area (Å²) in [5, 5.41) is 0. The fourth-order valence-corrected chi connectivity index (χ4v) is 3.18. The van der Waals surface area contributed by atoms with E-state index in [2.05, 4.69) is 12.3 Å². The topological polar surface area (TPSA) is 56.5 Å². The zero-order valence-electron chi connectivity index (χ0n) is 11.1. The molecule has 0 bridgehead atoms. The standard InChI is InChI=1S/C13H26N2O2/c1-10(16-2)8-12(15-14)11-4-7-17-13(9-11)5-3-6-13/h10-12,15H,3-9,14H2,1-2H3. The molecule has 2 aliphatic rings. The van der Waals surface area contributed by atoms with Crippen molar-refractivity contribution >= 4 is 0 Å². The van der Waals surface area contributed by atoms with E-state index in [-0.39, 0.29) is 11.7 Å². The van der Waals surface area contributed by atoms with Crippen LogP contribution in [0.1, 0.15) is 45.4 Å². The normalized spacial score (nSPS) is 30.9. The summed E-state index contributed by atoms with van der Waals surface area (Å²) < 4.78 is 11.3. The third kappa shape index (κ3) is 2.99. The molecule has 0 aromatic heterocycles. The monoisotopic (exact) mass is 242 g/mol. The molecule has 1 saturated carbocycles. The van der Waals surface area contributed by atoms with Gasteiger partial charge in [-0.3, -0.25) is 11.3 Å². The number of hydrogen-bond acceptors (Lipinski definition) is 4. The van der Waals surface area contributed by atoms with E-state index < -0.39 is 0 Å². The van der Waals surface area contributed by atoms with Crippen LogP contribution in [0.15, 0.2) is 0 Å². The van der Waals surface area contributed by atoms with Gasteiger partial charge in [0.15, 0.2) is 0 Å². The average molecular weight is 242 g/mol. The fourth-order valence-electron chi connectivity index (χ4n) is 3.18.